The lowest BCUT2D eigenvalue weighted by Gasteiger charge is -2.15. The minimum absolute atomic E-state index is 0.186. The van der Waals surface area contributed by atoms with E-state index in [9.17, 15) is 4.79 Å². The van der Waals surface area contributed by atoms with E-state index in [2.05, 4.69) is 17.3 Å². The summed E-state index contributed by atoms with van der Waals surface area (Å²) < 4.78 is 0. The van der Waals surface area contributed by atoms with Crippen LogP contribution in [0.15, 0.2) is 12.1 Å². The van der Waals surface area contributed by atoms with Crippen molar-refractivity contribution in [1.82, 2.24) is 10.2 Å². The van der Waals surface area contributed by atoms with Crippen molar-refractivity contribution in [2.75, 3.05) is 25.9 Å². The number of nitrogens with one attached hydrogen (secondary N) is 1. The molecule has 0 unspecified atom stereocenters. The molecule has 0 spiro atoms. The molecule has 1 saturated carbocycles. The molecule has 19 heavy (non-hydrogen) atoms. The van der Waals surface area contributed by atoms with Crippen molar-refractivity contribution in [2.45, 2.75) is 18.9 Å². The summed E-state index contributed by atoms with van der Waals surface area (Å²) in [5.74, 6) is -0.186. The predicted molar refractivity (Wildman–Crippen MR) is 78.9 cm³/mol. The number of benzene rings is 1. The Morgan fingerprint density at radius 3 is 2.74 bits per heavy atom. The standard InChI is InChI=1S/C13H17Cl2N3O/c1-18(9-2-3-9)5-4-17-13(19)8-6-10(14)12(15)11(16)7-8/h6-7,9H,2-5,16H2,1H3,(H,17,19). The maximum Gasteiger partial charge on any atom is 0.251 e. The summed E-state index contributed by atoms with van der Waals surface area (Å²) in [6.45, 7) is 1.44. The normalized spacial score (nSPS) is 14.7. The van der Waals surface area contributed by atoms with Crippen LogP contribution in [0, 0.1) is 0 Å². The first-order valence-corrected chi connectivity index (χ1v) is 6.97. The Morgan fingerprint density at radius 1 is 1.47 bits per heavy atom. The number of rotatable bonds is 5. The van der Waals surface area contributed by atoms with E-state index < -0.39 is 0 Å². The molecule has 1 amide bonds. The summed E-state index contributed by atoms with van der Waals surface area (Å²) in [6.07, 6.45) is 2.52. The van der Waals surface area contributed by atoms with Crippen molar-refractivity contribution < 1.29 is 4.79 Å². The van der Waals surface area contributed by atoms with Gasteiger partial charge in [-0.3, -0.25) is 4.79 Å². The third-order valence-corrected chi connectivity index (χ3v) is 4.06. The quantitative estimate of drug-likeness (QED) is 0.821. The maximum absolute atomic E-state index is 11.9. The van der Waals surface area contributed by atoms with E-state index in [4.69, 9.17) is 28.9 Å². The van der Waals surface area contributed by atoms with Gasteiger partial charge in [0.1, 0.15) is 0 Å². The minimum Gasteiger partial charge on any atom is -0.397 e. The van der Waals surface area contributed by atoms with E-state index in [1.54, 1.807) is 0 Å². The zero-order valence-corrected chi connectivity index (χ0v) is 12.3. The summed E-state index contributed by atoms with van der Waals surface area (Å²) in [5, 5.41) is 3.43. The zero-order chi connectivity index (χ0) is 14.0. The van der Waals surface area contributed by atoms with Gasteiger partial charge in [0.15, 0.2) is 0 Å². The molecular weight excluding hydrogens is 285 g/mol. The summed E-state index contributed by atoms with van der Waals surface area (Å²) >= 11 is 11.7. The van der Waals surface area contributed by atoms with Crippen LogP contribution in [-0.4, -0.2) is 37.0 Å². The average molecular weight is 302 g/mol. The first-order chi connectivity index (χ1) is 8.99. The second-order valence-electron chi connectivity index (χ2n) is 4.83. The number of halogens is 2. The highest BCUT2D eigenvalue weighted by Crippen LogP contribution is 2.29. The van der Waals surface area contributed by atoms with Gasteiger partial charge < -0.3 is 16.0 Å². The molecule has 4 nitrogen and oxygen atoms in total. The van der Waals surface area contributed by atoms with Crippen LogP contribution in [-0.2, 0) is 0 Å². The molecule has 1 aliphatic carbocycles. The first-order valence-electron chi connectivity index (χ1n) is 6.22. The van der Waals surface area contributed by atoms with Crippen LogP contribution in [0.3, 0.4) is 0 Å². The molecule has 104 valence electrons. The number of carbonyl (C=O) groups is 1. The van der Waals surface area contributed by atoms with E-state index in [0.717, 1.165) is 6.54 Å². The third-order valence-electron chi connectivity index (χ3n) is 3.24. The Labute approximate surface area is 122 Å². The number of nitrogens with two attached hydrogens (primary N) is 1. The van der Waals surface area contributed by atoms with Gasteiger partial charge in [-0.05, 0) is 32.0 Å². The maximum atomic E-state index is 11.9. The van der Waals surface area contributed by atoms with E-state index in [1.165, 1.54) is 25.0 Å². The van der Waals surface area contributed by atoms with Crippen LogP contribution in [0.1, 0.15) is 23.2 Å². The number of carbonyl (C=O) groups excluding carboxylic acids is 1. The van der Waals surface area contributed by atoms with Crippen molar-refractivity contribution >= 4 is 34.8 Å². The highest BCUT2D eigenvalue weighted by Gasteiger charge is 2.25. The molecule has 1 fully saturated rings. The minimum atomic E-state index is -0.186. The van der Waals surface area contributed by atoms with Gasteiger partial charge in [0, 0.05) is 24.7 Å². The number of likely N-dealkylation sites (N-methyl/N-ethyl adjacent to an activating group) is 1. The lowest BCUT2D eigenvalue weighted by molar-refractivity contribution is 0.0949. The molecular formula is C13H17Cl2N3O. The van der Waals surface area contributed by atoms with Gasteiger partial charge >= 0.3 is 0 Å². The van der Waals surface area contributed by atoms with E-state index in [0.29, 0.717) is 28.9 Å². The van der Waals surface area contributed by atoms with Gasteiger partial charge in [-0.15, -0.1) is 0 Å². The molecule has 2 rings (SSSR count). The van der Waals surface area contributed by atoms with Crippen molar-refractivity contribution in [2.24, 2.45) is 0 Å². The largest absolute Gasteiger partial charge is 0.397 e. The first kappa shape index (κ1) is 14.4. The molecule has 3 N–H and O–H groups in total. The van der Waals surface area contributed by atoms with Crippen molar-refractivity contribution in [3.8, 4) is 0 Å². The predicted octanol–water partition coefficient (Wildman–Crippen LogP) is 2.40. The molecule has 1 aromatic carbocycles. The third kappa shape index (κ3) is 3.75. The average Bonchev–Trinajstić information content (AvgIpc) is 3.19. The lowest BCUT2D eigenvalue weighted by atomic mass is 10.2. The molecule has 0 aliphatic heterocycles. The Hall–Kier alpha value is -0.970. The van der Waals surface area contributed by atoms with Crippen LogP contribution in [0.25, 0.3) is 0 Å². The van der Waals surface area contributed by atoms with Crippen LogP contribution in [0.2, 0.25) is 10.0 Å². The Bertz CT molecular complexity index is 466. The Kier molecular flexibility index (Phi) is 4.55. The smallest absolute Gasteiger partial charge is 0.251 e. The number of anilines is 1. The number of hydrogen-bond donors (Lipinski definition) is 2. The molecule has 0 radical (unpaired) electrons. The van der Waals surface area contributed by atoms with Gasteiger partial charge in [-0.2, -0.15) is 0 Å². The van der Waals surface area contributed by atoms with Gasteiger partial charge in [0.2, 0.25) is 0 Å². The van der Waals surface area contributed by atoms with E-state index in [1.807, 2.05) is 0 Å². The number of amides is 1. The van der Waals surface area contributed by atoms with Crippen LogP contribution in [0.5, 0.6) is 0 Å². The SMILES string of the molecule is CN(CCNC(=O)c1cc(N)c(Cl)c(Cl)c1)C1CC1. The fourth-order valence-electron chi connectivity index (χ4n) is 1.89. The fourth-order valence-corrected chi connectivity index (χ4v) is 2.22. The molecule has 0 bridgehead atoms. The van der Waals surface area contributed by atoms with E-state index >= 15 is 0 Å². The highest BCUT2D eigenvalue weighted by molar-refractivity contribution is 6.43. The van der Waals surface area contributed by atoms with Crippen molar-refractivity contribution in [1.29, 1.82) is 0 Å². The summed E-state index contributed by atoms with van der Waals surface area (Å²) in [4.78, 5) is 14.2. The Morgan fingerprint density at radius 2 is 2.16 bits per heavy atom. The highest BCUT2D eigenvalue weighted by atomic mass is 35.5. The van der Waals surface area contributed by atoms with E-state index in [-0.39, 0.29) is 10.9 Å². The molecule has 1 aliphatic rings. The molecule has 0 atom stereocenters. The second kappa shape index (κ2) is 5.99. The molecule has 0 heterocycles. The summed E-state index contributed by atoms with van der Waals surface area (Å²) in [5.41, 5.74) is 6.43. The van der Waals surface area contributed by atoms with Gasteiger partial charge in [-0.1, -0.05) is 23.2 Å². The van der Waals surface area contributed by atoms with Crippen LogP contribution >= 0.6 is 23.2 Å². The fraction of sp³-hybridized carbons (Fsp3) is 0.462. The molecule has 0 saturated heterocycles. The Balaban J connectivity index is 1.88. The van der Waals surface area contributed by atoms with Crippen LogP contribution < -0.4 is 11.1 Å². The summed E-state index contributed by atoms with van der Waals surface area (Å²) in [6, 6.07) is 3.76. The number of hydrogen-bond acceptors (Lipinski definition) is 3. The van der Waals surface area contributed by atoms with Crippen LogP contribution in [0.4, 0.5) is 5.69 Å². The second-order valence-corrected chi connectivity index (χ2v) is 5.61. The number of nitrogen functional groups attached to an aromatic ring is 1. The molecule has 0 aromatic heterocycles. The molecule has 6 heteroatoms. The zero-order valence-electron chi connectivity index (χ0n) is 10.7. The van der Waals surface area contributed by atoms with Crippen molar-refractivity contribution in [3.05, 3.63) is 27.7 Å². The summed E-state index contributed by atoms with van der Waals surface area (Å²) in [7, 11) is 2.07. The van der Waals surface area contributed by atoms with Crippen molar-refractivity contribution in [3.63, 3.8) is 0 Å². The lowest BCUT2D eigenvalue weighted by Crippen LogP contribution is -2.34. The van der Waals surface area contributed by atoms with Gasteiger partial charge in [0.25, 0.3) is 5.91 Å². The monoisotopic (exact) mass is 301 g/mol. The molecule has 1 aromatic rings. The number of nitrogens with zero attached hydrogens (tertiary/aromatic N) is 1. The van der Waals surface area contributed by atoms with Gasteiger partial charge in [-0.25, -0.2) is 0 Å². The van der Waals surface area contributed by atoms with Gasteiger partial charge in [0.05, 0.1) is 15.7 Å². The topological polar surface area (TPSA) is 58.4 Å².